The van der Waals surface area contributed by atoms with Crippen LogP contribution in [0.3, 0.4) is 0 Å². The molecule has 26 heavy (non-hydrogen) atoms. The molecule has 128 valence electrons. The van der Waals surface area contributed by atoms with Gasteiger partial charge in [-0.2, -0.15) is 9.97 Å². The van der Waals surface area contributed by atoms with E-state index < -0.39 is 0 Å². The summed E-state index contributed by atoms with van der Waals surface area (Å²) in [7, 11) is 0. The molecular formula is C19H17N7. The van der Waals surface area contributed by atoms with Gasteiger partial charge in [-0.1, -0.05) is 18.2 Å². The van der Waals surface area contributed by atoms with E-state index >= 15 is 0 Å². The van der Waals surface area contributed by atoms with Crippen LogP contribution in [-0.4, -0.2) is 30.5 Å². The van der Waals surface area contributed by atoms with Gasteiger partial charge in [0.05, 0.1) is 11.9 Å². The Bertz CT molecular complexity index is 1040. The lowest BCUT2D eigenvalue weighted by molar-refractivity contribution is 1.06. The van der Waals surface area contributed by atoms with Crippen LogP contribution in [0.15, 0.2) is 61.2 Å². The highest BCUT2D eigenvalue weighted by atomic mass is 15.2. The zero-order chi connectivity index (χ0) is 17.3. The number of nitrogens with zero attached hydrogens (tertiary/aromatic N) is 5. The molecular weight excluding hydrogens is 326 g/mol. The number of hydrogen-bond acceptors (Lipinski definition) is 6. The maximum absolute atomic E-state index is 4.71. The van der Waals surface area contributed by atoms with Crippen molar-refractivity contribution in [3.8, 4) is 5.69 Å². The molecule has 0 aliphatic heterocycles. The second kappa shape index (κ2) is 6.11. The van der Waals surface area contributed by atoms with Gasteiger partial charge in [0.1, 0.15) is 6.33 Å². The van der Waals surface area contributed by atoms with Gasteiger partial charge >= 0.3 is 0 Å². The molecule has 0 unspecified atom stereocenters. The molecule has 4 aromatic rings. The first kappa shape index (κ1) is 14.8. The highest BCUT2D eigenvalue weighted by Gasteiger charge is 2.24. The maximum Gasteiger partial charge on any atom is 0.231 e. The number of pyridine rings is 1. The fourth-order valence-corrected chi connectivity index (χ4v) is 2.82. The highest BCUT2D eigenvalue weighted by molar-refractivity contribution is 5.86. The summed E-state index contributed by atoms with van der Waals surface area (Å²) in [6, 6.07) is 14.3. The molecule has 1 fully saturated rings. The summed E-state index contributed by atoms with van der Waals surface area (Å²) in [6.07, 6.45) is 7.60. The Morgan fingerprint density at radius 1 is 1.00 bits per heavy atom. The molecule has 7 nitrogen and oxygen atoms in total. The van der Waals surface area contributed by atoms with Gasteiger partial charge in [0, 0.05) is 17.9 Å². The van der Waals surface area contributed by atoms with E-state index in [9.17, 15) is 0 Å². The number of aromatic nitrogens is 5. The van der Waals surface area contributed by atoms with E-state index in [2.05, 4.69) is 25.6 Å². The minimum Gasteiger partial charge on any atom is -0.365 e. The highest BCUT2D eigenvalue weighted by Crippen LogP contribution is 2.29. The average Bonchev–Trinajstić information content (AvgIpc) is 3.39. The molecule has 3 aromatic heterocycles. The maximum atomic E-state index is 4.71. The molecule has 0 atom stereocenters. The zero-order valence-corrected chi connectivity index (χ0v) is 14.0. The van der Waals surface area contributed by atoms with E-state index in [1.807, 2.05) is 47.0 Å². The van der Waals surface area contributed by atoms with Gasteiger partial charge in [-0.05, 0) is 37.1 Å². The van der Waals surface area contributed by atoms with Gasteiger partial charge in [-0.25, -0.2) is 4.98 Å². The zero-order valence-electron chi connectivity index (χ0n) is 14.0. The van der Waals surface area contributed by atoms with Crippen molar-refractivity contribution < 1.29 is 0 Å². The van der Waals surface area contributed by atoms with Crippen LogP contribution in [0.2, 0.25) is 0 Å². The second-order valence-corrected chi connectivity index (χ2v) is 6.30. The summed E-state index contributed by atoms with van der Waals surface area (Å²) in [5, 5.41) is 6.70. The van der Waals surface area contributed by atoms with Crippen LogP contribution in [0, 0.1) is 0 Å². The van der Waals surface area contributed by atoms with Gasteiger partial charge in [0.15, 0.2) is 17.0 Å². The van der Waals surface area contributed by atoms with Gasteiger partial charge < -0.3 is 10.6 Å². The molecule has 0 spiro atoms. The van der Waals surface area contributed by atoms with Crippen LogP contribution < -0.4 is 10.6 Å². The van der Waals surface area contributed by atoms with E-state index in [1.165, 1.54) is 0 Å². The third-order valence-corrected chi connectivity index (χ3v) is 4.27. The molecule has 5 rings (SSSR count). The molecule has 0 bridgehead atoms. The predicted molar refractivity (Wildman–Crippen MR) is 101 cm³/mol. The van der Waals surface area contributed by atoms with Crippen LogP contribution in [0.1, 0.15) is 12.8 Å². The molecule has 0 amide bonds. The minimum absolute atomic E-state index is 0.473. The third kappa shape index (κ3) is 2.83. The number of anilines is 3. The monoisotopic (exact) mass is 343 g/mol. The first-order valence-corrected chi connectivity index (χ1v) is 8.61. The Labute approximate surface area is 150 Å². The summed E-state index contributed by atoms with van der Waals surface area (Å²) in [5.41, 5.74) is 3.40. The molecule has 3 heterocycles. The van der Waals surface area contributed by atoms with Gasteiger partial charge in [-0.15, -0.1) is 0 Å². The van der Waals surface area contributed by atoms with Crippen molar-refractivity contribution in [1.82, 2.24) is 24.5 Å². The molecule has 2 N–H and O–H groups in total. The van der Waals surface area contributed by atoms with E-state index in [-0.39, 0.29) is 0 Å². The number of benzene rings is 1. The fourth-order valence-electron chi connectivity index (χ4n) is 2.82. The second-order valence-electron chi connectivity index (χ2n) is 6.30. The average molecular weight is 343 g/mol. The predicted octanol–water partition coefficient (Wildman–Crippen LogP) is 3.53. The van der Waals surface area contributed by atoms with Crippen molar-refractivity contribution >= 4 is 28.6 Å². The first-order valence-electron chi connectivity index (χ1n) is 8.61. The number of hydrogen-bond donors (Lipinski definition) is 2. The largest absolute Gasteiger partial charge is 0.365 e. The standard InChI is InChI=1S/C19H17N7/c1-2-6-15(7-3-1)26-12-21-16-17(22-13-8-9-13)24-19(25-18(16)26)23-14-5-4-10-20-11-14/h1-7,10-13H,8-9H2,(H2,22,23,24,25). The van der Waals surface area contributed by atoms with Crippen molar-refractivity contribution in [2.24, 2.45) is 0 Å². The SMILES string of the molecule is c1ccc(-n2cnc3c(NC4CC4)nc(Nc4cccnc4)nc32)cc1. The van der Waals surface area contributed by atoms with Crippen LogP contribution in [-0.2, 0) is 0 Å². The summed E-state index contributed by atoms with van der Waals surface area (Å²) < 4.78 is 1.98. The number of fused-ring (bicyclic) bond motifs is 1. The van der Waals surface area contributed by atoms with Crippen molar-refractivity contribution in [2.75, 3.05) is 10.6 Å². The number of rotatable bonds is 5. The Morgan fingerprint density at radius 3 is 2.65 bits per heavy atom. The van der Waals surface area contributed by atoms with Crippen LogP contribution in [0.5, 0.6) is 0 Å². The van der Waals surface area contributed by atoms with Crippen molar-refractivity contribution in [1.29, 1.82) is 0 Å². The van der Waals surface area contributed by atoms with Gasteiger partial charge in [0.25, 0.3) is 0 Å². The quantitative estimate of drug-likeness (QED) is 0.577. The smallest absolute Gasteiger partial charge is 0.231 e. The topological polar surface area (TPSA) is 80.5 Å². The molecule has 1 aliphatic rings. The number of para-hydroxylation sites is 1. The Kier molecular flexibility index (Phi) is 3.48. The molecule has 1 saturated carbocycles. The lowest BCUT2D eigenvalue weighted by atomic mass is 10.3. The summed E-state index contributed by atoms with van der Waals surface area (Å²) in [5.74, 6) is 1.28. The lowest BCUT2D eigenvalue weighted by Gasteiger charge is -2.10. The van der Waals surface area contributed by atoms with Gasteiger partial charge in [0.2, 0.25) is 5.95 Å². The molecule has 1 aromatic carbocycles. The van der Waals surface area contributed by atoms with E-state index in [1.54, 1.807) is 18.7 Å². The fraction of sp³-hybridized carbons (Fsp3) is 0.158. The Hall–Kier alpha value is -3.48. The van der Waals surface area contributed by atoms with E-state index in [0.717, 1.165) is 41.2 Å². The molecule has 7 heteroatoms. The Morgan fingerprint density at radius 2 is 1.88 bits per heavy atom. The van der Waals surface area contributed by atoms with Gasteiger partial charge in [-0.3, -0.25) is 9.55 Å². The number of nitrogens with one attached hydrogen (secondary N) is 2. The van der Waals surface area contributed by atoms with E-state index in [0.29, 0.717) is 12.0 Å². The lowest BCUT2D eigenvalue weighted by Crippen LogP contribution is -2.08. The minimum atomic E-state index is 0.473. The number of imidazole rings is 1. The van der Waals surface area contributed by atoms with E-state index in [4.69, 9.17) is 4.98 Å². The van der Waals surface area contributed by atoms with Crippen molar-refractivity contribution in [3.05, 3.63) is 61.2 Å². The van der Waals surface area contributed by atoms with Crippen LogP contribution >= 0.6 is 0 Å². The Balaban J connectivity index is 1.63. The summed E-state index contributed by atoms with van der Waals surface area (Å²) in [6.45, 7) is 0. The molecule has 1 aliphatic carbocycles. The third-order valence-electron chi connectivity index (χ3n) is 4.27. The summed E-state index contributed by atoms with van der Waals surface area (Å²) in [4.78, 5) is 18.0. The normalized spacial score (nSPS) is 13.7. The van der Waals surface area contributed by atoms with Crippen LogP contribution in [0.4, 0.5) is 17.5 Å². The summed E-state index contributed by atoms with van der Waals surface area (Å²) >= 11 is 0. The molecule has 0 radical (unpaired) electrons. The van der Waals surface area contributed by atoms with Crippen molar-refractivity contribution in [2.45, 2.75) is 18.9 Å². The van der Waals surface area contributed by atoms with Crippen LogP contribution in [0.25, 0.3) is 16.9 Å². The molecule has 0 saturated heterocycles. The van der Waals surface area contributed by atoms with Crippen molar-refractivity contribution in [3.63, 3.8) is 0 Å². The first-order chi connectivity index (χ1) is 12.9.